The molecule has 3 heterocycles. The van der Waals surface area contributed by atoms with Crippen LogP contribution in [-0.4, -0.2) is 23.4 Å². The zero-order valence-electron chi connectivity index (χ0n) is 17.5. The summed E-state index contributed by atoms with van der Waals surface area (Å²) in [6.07, 6.45) is 3.30. The molecule has 0 radical (unpaired) electrons. The van der Waals surface area contributed by atoms with E-state index in [0.717, 1.165) is 11.3 Å². The third kappa shape index (κ3) is 4.90. The molecule has 0 saturated heterocycles. The Hall–Kier alpha value is -3.82. The van der Waals surface area contributed by atoms with Crippen molar-refractivity contribution < 1.29 is 13.2 Å². The van der Waals surface area contributed by atoms with E-state index in [0.29, 0.717) is 34.4 Å². The number of ether oxygens (including phenoxy) is 1. The average Bonchev–Trinajstić information content (AvgIpc) is 2.77. The molecule has 0 saturated carbocycles. The topological polar surface area (TPSA) is 120 Å². The lowest BCUT2D eigenvalue weighted by Crippen LogP contribution is -2.12. The number of nitrogens with zero attached hydrogens (tertiary/aromatic N) is 3. The van der Waals surface area contributed by atoms with Crippen LogP contribution in [0.3, 0.4) is 0 Å². The molecule has 0 atom stereocenters. The van der Waals surface area contributed by atoms with Crippen LogP contribution in [0.5, 0.6) is 11.5 Å². The first-order valence-corrected chi connectivity index (χ1v) is 11.3. The molecule has 1 aromatic carbocycles. The van der Waals surface area contributed by atoms with Crippen molar-refractivity contribution in [2.75, 3.05) is 5.32 Å². The summed E-state index contributed by atoms with van der Waals surface area (Å²) in [4.78, 5) is 13.4. The molecule has 0 fully saturated rings. The van der Waals surface area contributed by atoms with Gasteiger partial charge >= 0.3 is 0 Å². The van der Waals surface area contributed by atoms with Crippen molar-refractivity contribution in [3.8, 4) is 22.9 Å². The van der Waals surface area contributed by atoms with Crippen molar-refractivity contribution in [2.24, 2.45) is 5.14 Å². The van der Waals surface area contributed by atoms with Gasteiger partial charge in [-0.05, 0) is 61.9 Å². The molecule has 3 N–H and O–H groups in total. The number of hydrogen-bond acceptors (Lipinski definition) is 7. The van der Waals surface area contributed by atoms with E-state index >= 15 is 0 Å². The Balaban J connectivity index is 1.64. The summed E-state index contributed by atoms with van der Waals surface area (Å²) in [6, 6.07) is 17.2. The van der Waals surface area contributed by atoms with Crippen molar-refractivity contribution in [1.82, 2.24) is 15.0 Å². The summed E-state index contributed by atoms with van der Waals surface area (Å²) >= 11 is 0. The van der Waals surface area contributed by atoms with Gasteiger partial charge in [-0.15, -0.1) is 0 Å². The Kier molecular flexibility index (Phi) is 5.85. The molecule has 32 heavy (non-hydrogen) atoms. The van der Waals surface area contributed by atoms with Crippen LogP contribution in [0.15, 0.2) is 78.0 Å². The normalized spacial score (nSPS) is 11.2. The van der Waals surface area contributed by atoms with E-state index in [2.05, 4.69) is 20.3 Å². The van der Waals surface area contributed by atoms with Gasteiger partial charge in [0.25, 0.3) is 0 Å². The first kappa shape index (κ1) is 21.4. The van der Waals surface area contributed by atoms with Gasteiger partial charge in [-0.3, -0.25) is 4.98 Å². The predicted molar refractivity (Wildman–Crippen MR) is 122 cm³/mol. The fraction of sp³-hybridized carbons (Fsp3) is 0.0870. The monoisotopic (exact) mass is 447 g/mol. The van der Waals surface area contributed by atoms with E-state index in [9.17, 15) is 8.42 Å². The van der Waals surface area contributed by atoms with Crippen LogP contribution in [0.25, 0.3) is 11.4 Å². The highest BCUT2D eigenvalue weighted by Gasteiger charge is 2.14. The fourth-order valence-corrected chi connectivity index (χ4v) is 3.57. The van der Waals surface area contributed by atoms with Crippen LogP contribution in [0.1, 0.15) is 11.3 Å². The molecule has 0 amide bonds. The Bertz CT molecular complexity index is 1380. The van der Waals surface area contributed by atoms with Crippen LogP contribution >= 0.6 is 0 Å². The molecule has 3 aromatic heterocycles. The second kappa shape index (κ2) is 8.74. The number of aryl methyl sites for hydroxylation is 2. The molecule has 0 bridgehead atoms. The minimum Gasteiger partial charge on any atom is -0.455 e. The highest BCUT2D eigenvalue weighted by molar-refractivity contribution is 7.89. The number of pyridine rings is 3. The summed E-state index contributed by atoms with van der Waals surface area (Å²) in [7, 11) is -3.80. The molecule has 0 aliphatic heterocycles. The van der Waals surface area contributed by atoms with Gasteiger partial charge in [-0.1, -0.05) is 12.1 Å². The van der Waals surface area contributed by atoms with Crippen LogP contribution in [0.2, 0.25) is 0 Å². The van der Waals surface area contributed by atoms with Crippen LogP contribution in [0, 0.1) is 13.8 Å². The van der Waals surface area contributed by atoms with Gasteiger partial charge in [0, 0.05) is 29.8 Å². The zero-order valence-corrected chi connectivity index (χ0v) is 18.3. The molecule has 4 aromatic rings. The van der Waals surface area contributed by atoms with Crippen LogP contribution in [0.4, 0.5) is 11.5 Å². The number of aromatic nitrogens is 3. The number of nitrogens with one attached hydrogen (secondary N) is 1. The zero-order chi connectivity index (χ0) is 22.7. The van der Waals surface area contributed by atoms with Crippen LogP contribution < -0.4 is 15.2 Å². The number of nitrogens with two attached hydrogens (primary N) is 1. The molecule has 0 unspecified atom stereocenters. The summed E-state index contributed by atoms with van der Waals surface area (Å²) in [5, 5.41) is 8.28. The highest BCUT2D eigenvalue weighted by Crippen LogP contribution is 2.33. The van der Waals surface area contributed by atoms with Crippen molar-refractivity contribution in [2.45, 2.75) is 18.7 Å². The van der Waals surface area contributed by atoms with Crippen molar-refractivity contribution in [3.63, 3.8) is 0 Å². The van der Waals surface area contributed by atoms with E-state index in [1.807, 2.05) is 38.1 Å². The second-order valence-electron chi connectivity index (χ2n) is 7.13. The van der Waals surface area contributed by atoms with Gasteiger partial charge in [0.05, 0.1) is 10.6 Å². The van der Waals surface area contributed by atoms with Crippen molar-refractivity contribution >= 4 is 21.5 Å². The minimum atomic E-state index is -3.80. The minimum absolute atomic E-state index is 0.0103. The van der Waals surface area contributed by atoms with E-state index < -0.39 is 10.0 Å². The molecule has 8 nitrogen and oxygen atoms in total. The lowest BCUT2D eigenvalue weighted by Gasteiger charge is -2.14. The van der Waals surface area contributed by atoms with E-state index in [4.69, 9.17) is 9.88 Å². The second-order valence-corrected chi connectivity index (χ2v) is 8.69. The number of sulfonamides is 1. The Labute approximate surface area is 186 Å². The molecule has 162 valence electrons. The lowest BCUT2D eigenvalue weighted by molar-refractivity contribution is 0.481. The van der Waals surface area contributed by atoms with E-state index in [1.54, 1.807) is 36.7 Å². The number of benzene rings is 1. The van der Waals surface area contributed by atoms with E-state index in [-0.39, 0.29) is 4.90 Å². The number of rotatable bonds is 6. The van der Waals surface area contributed by atoms with Gasteiger partial charge in [0.2, 0.25) is 10.0 Å². The fourth-order valence-electron chi connectivity index (χ4n) is 3.01. The quantitative estimate of drug-likeness (QED) is 0.451. The summed E-state index contributed by atoms with van der Waals surface area (Å²) in [6.45, 7) is 3.91. The lowest BCUT2D eigenvalue weighted by atomic mass is 10.1. The summed E-state index contributed by atoms with van der Waals surface area (Å²) in [5.41, 5.74) is 3.76. The van der Waals surface area contributed by atoms with Gasteiger partial charge in [0.1, 0.15) is 17.3 Å². The first-order chi connectivity index (χ1) is 15.3. The molecule has 0 aliphatic rings. The summed E-state index contributed by atoms with van der Waals surface area (Å²) < 4.78 is 29.4. The molecule has 0 spiro atoms. The molecule has 4 rings (SSSR count). The summed E-state index contributed by atoms with van der Waals surface area (Å²) in [5.74, 6) is 1.58. The third-order valence-electron chi connectivity index (χ3n) is 4.73. The SMILES string of the molecule is Cc1cc(Oc2ccnc(Nc3cccc(S(N)(=O)=O)c3)c2)c(-c2ccccn2)nc1C. The van der Waals surface area contributed by atoms with Crippen LogP contribution in [-0.2, 0) is 10.0 Å². The molecule has 0 aliphatic carbocycles. The Morgan fingerprint density at radius 1 is 0.938 bits per heavy atom. The predicted octanol–water partition coefficient (Wildman–Crippen LogP) is 4.34. The highest BCUT2D eigenvalue weighted by atomic mass is 32.2. The largest absolute Gasteiger partial charge is 0.455 e. The first-order valence-electron chi connectivity index (χ1n) is 9.73. The van der Waals surface area contributed by atoms with Crippen molar-refractivity contribution in [3.05, 3.63) is 84.3 Å². The Morgan fingerprint density at radius 3 is 2.53 bits per heavy atom. The smallest absolute Gasteiger partial charge is 0.238 e. The maximum Gasteiger partial charge on any atom is 0.238 e. The van der Waals surface area contributed by atoms with Gasteiger partial charge < -0.3 is 10.1 Å². The third-order valence-corrected chi connectivity index (χ3v) is 5.64. The number of anilines is 2. The molecular formula is C23H21N5O3S. The number of primary sulfonamides is 1. The van der Waals surface area contributed by atoms with Gasteiger partial charge in [-0.2, -0.15) is 0 Å². The van der Waals surface area contributed by atoms with Gasteiger partial charge in [-0.25, -0.2) is 23.5 Å². The standard InChI is InChI=1S/C23H21N5O3S/c1-15-12-21(23(27-16(15)2)20-8-3-4-10-25-20)31-18-9-11-26-22(14-18)28-17-6-5-7-19(13-17)32(24,29)30/h3-14H,1-2H3,(H,26,28)(H2,24,29,30). The maximum atomic E-state index is 11.6. The average molecular weight is 448 g/mol. The van der Waals surface area contributed by atoms with Gasteiger partial charge in [0.15, 0.2) is 5.75 Å². The Morgan fingerprint density at radius 2 is 1.78 bits per heavy atom. The molecule has 9 heteroatoms. The number of hydrogen-bond donors (Lipinski definition) is 2. The van der Waals surface area contributed by atoms with Crippen molar-refractivity contribution in [1.29, 1.82) is 0 Å². The maximum absolute atomic E-state index is 11.6. The van der Waals surface area contributed by atoms with E-state index in [1.165, 1.54) is 12.1 Å². The molecular weight excluding hydrogens is 426 g/mol.